The molecule has 20 heavy (non-hydrogen) atoms. The van der Waals surface area contributed by atoms with Crippen molar-refractivity contribution in [3.05, 3.63) is 58.4 Å². The van der Waals surface area contributed by atoms with Crippen molar-refractivity contribution < 1.29 is 9.53 Å². The van der Waals surface area contributed by atoms with Crippen molar-refractivity contribution in [2.24, 2.45) is 0 Å². The molecule has 2 rings (SSSR count). The van der Waals surface area contributed by atoms with Crippen LogP contribution in [0.15, 0.2) is 36.4 Å². The number of halogens is 1. The normalized spacial score (nSPS) is 10.2. The maximum absolute atomic E-state index is 12.0. The standard InChI is InChI=1S/C15H15ClN2O2/c1-10-6-12(8-14(16)18-10)15(19)17-9-11-4-3-5-13(7-11)20-2/h3-8H,9H2,1-2H3,(H,17,19). The highest BCUT2D eigenvalue weighted by Crippen LogP contribution is 2.13. The fourth-order valence-electron chi connectivity index (χ4n) is 1.83. The zero-order valence-electron chi connectivity index (χ0n) is 11.3. The van der Waals surface area contributed by atoms with Crippen molar-refractivity contribution in [3.63, 3.8) is 0 Å². The Balaban J connectivity index is 2.04. The monoisotopic (exact) mass is 290 g/mol. The predicted octanol–water partition coefficient (Wildman–Crippen LogP) is 2.98. The summed E-state index contributed by atoms with van der Waals surface area (Å²) < 4.78 is 5.14. The van der Waals surface area contributed by atoms with E-state index < -0.39 is 0 Å². The van der Waals surface area contributed by atoms with Crippen molar-refractivity contribution in [1.29, 1.82) is 0 Å². The quantitative estimate of drug-likeness (QED) is 0.881. The number of nitrogens with one attached hydrogen (secondary N) is 1. The molecule has 1 N–H and O–H groups in total. The van der Waals surface area contributed by atoms with Crippen LogP contribution in [0.1, 0.15) is 21.6 Å². The third-order valence-corrected chi connectivity index (χ3v) is 2.97. The average molecular weight is 291 g/mol. The van der Waals surface area contributed by atoms with E-state index in [4.69, 9.17) is 16.3 Å². The van der Waals surface area contributed by atoms with E-state index in [-0.39, 0.29) is 5.91 Å². The number of aryl methyl sites for hydroxylation is 1. The molecule has 5 heteroatoms. The van der Waals surface area contributed by atoms with E-state index in [9.17, 15) is 4.79 Å². The number of hydrogen-bond acceptors (Lipinski definition) is 3. The van der Waals surface area contributed by atoms with E-state index in [1.54, 1.807) is 26.2 Å². The van der Waals surface area contributed by atoms with Crippen LogP contribution < -0.4 is 10.1 Å². The molecule has 0 atom stereocenters. The van der Waals surface area contributed by atoms with Gasteiger partial charge in [-0.2, -0.15) is 0 Å². The largest absolute Gasteiger partial charge is 0.497 e. The van der Waals surface area contributed by atoms with Crippen molar-refractivity contribution in [1.82, 2.24) is 10.3 Å². The fourth-order valence-corrected chi connectivity index (χ4v) is 2.08. The third kappa shape index (κ3) is 3.71. The Morgan fingerprint density at radius 1 is 1.35 bits per heavy atom. The van der Waals surface area contributed by atoms with Gasteiger partial charge in [-0.05, 0) is 36.8 Å². The van der Waals surface area contributed by atoms with Gasteiger partial charge >= 0.3 is 0 Å². The smallest absolute Gasteiger partial charge is 0.251 e. The lowest BCUT2D eigenvalue weighted by Crippen LogP contribution is -2.23. The second kappa shape index (κ2) is 6.39. The summed E-state index contributed by atoms with van der Waals surface area (Å²) in [6.07, 6.45) is 0. The van der Waals surface area contributed by atoms with E-state index in [1.807, 2.05) is 24.3 Å². The number of amides is 1. The first kappa shape index (κ1) is 14.3. The van der Waals surface area contributed by atoms with Crippen LogP contribution in [-0.4, -0.2) is 18.0 Å². The van der Waals surface area contributed by atoms with Crippen LogP contribution >= 0.6 is 11.6 Å². The zero-order valence-corrected chi connectivity index (χ0v) is 12.1. The van der Waals surface area contributed by atoms with Gasteiger partial charge in [0.05, 0.1) is 7.11 Å². The molecule has 0 aliphatic rings. The van der Waals surface area contributed by atoms with Gasteiger partial charge in [0.1, 0.15) is 10.9 Å². The highest BCUT2D eigenvalue weighted by atomic mass is 35.5. The number of aromatic nitrogens is 1. The van der Waals surface area contributed by atoms with Crippen molar-refractivity contribution >= 4 is 17.5 Å². The molecular formula is C15H15ClN2O2. The molecule has 4 nitrogen and oxygen atoms in total. The molecule has 0 spiro atoms. The van der Waals surface area contributed by atoms with Crippen molar-refractivity contribution in [2.45, 2.75) is 13.5 Å². The maximum atomic E-state index is 12.0. The van der Waals surface area contributed by atoms with Crippen LogP contribution in [0.25, 0.3) is 0 Å². The number of carbonyl (C=O) groups is 1. The van der Waals surface area contributed by atoms with Gasteiger partial charge in [-0.1, -0.05) is 23.7 Å². The number of ether oxygens (including phenoxy) is 1. The summed E-state index contributed by atoms with van der Waals surface area (Å²) >= 11 is 5.84. The summed E-state index contributed by atoms with van der Waals surface area (Å²) in [6, 6.07) is 10.8. The van der Waals surface area contributed by atoms with E-state index in [0.717, 1.165) is 11.3 Å². The van der Waals surface area contributed by atoms with Gasteiger partial charge in [0.25, 0.3) is 5.91 Å². The molecular weight excluding hydrogens is 276 g/mol. The minimum absolute atomic E-state index is 0.180. The van der Waals surface area contributed by atoms with Gasteiger partial charge in [-0.25, -0.2) is 4.98 Å². The molecule has 2 aromatic rings. The maximum Gasteiger partial charge on any atom is 0.251 e. The first-order valence-corrected chi connectivity index (χ1v) is 6.51. The fraction of sp³-hybridized carbons (Fsp3) is 0.200. The minimum Gasteiger partial charge on any atom is -0.497 e. The second-order valence-electron chi connectivity index (χ2n) is 4.35. The predicted molar refractivity (Wildman–Crippen MR) is 78.1 cm³/mol. The third-order valence-electron chi connectivity index (χ3n) is 2.77. The molecule has 1 amide bonds. The Morgan fingerprint density at radius 3 is 2.85 bits per heavy atom. The van der Waals surface area contributed by atoms with Gasteiger partial charge in [0, 0.05) is 17.8 Å². The van der Waals surface area contributed by atoms with E-state index in [1.165, 1.54) is 0 Å². The van der Waals surface area contributed by atoms with Gasteiger partial charge in [0.15, 0.2) is 0 Å². The Kier molecular flexibility index (Phi) is 4.58. The van der Waals surface area contributed by atoms with Crippen molar-refractivity contribution in [2.75, 3.05) is 7.11 Å². The zero-order chi connectivity index (χ0) is 14.5. The van der Waals surface area contributed by atoms with Gasteiger partial charge in [-0.3, -0.25) is 4.79 Å². The van der Waals surface area contributed by atoms with Crippen molar-refractivity contribution in [3.8, 4) is 5.75 Å². The summed E-state index contributed by atoms with van der Waals surface area (Å²) in [5.74, 6) is 0.583. The molecule has 0 bridgehead atoms. The lowest BCUT2D eigenvalue weighted by atomic mass is 10.2. The highest BCUT2D eigenvalue weighted by Gasteiger charge is 2.08. The van der Waals surface area contributed by atoms with Gasteiger partial charge in [0.2, 0.25) is 0 Å². The summed E-state index contributed by atoms with van der Waals surface area (Å²) in [5.41, 5.74) is 2.18. The number of carbonyl (C=O) groups excluding carboxylic acids is 1. The van der Waals surface area contributed by atoms with Gasteiger partial charge < -0.3 is 10.1 Å². The summed E-state index contributed by atoms with van der Waals surface area (Å²) in [7, 11) is 1.61. The Hall–Kier alpha value is -2.07. The lowest BCUT2D eigenvalue weighted by molar-refractivity contribution is 0.0950. The van der Waals surface area contributed by atoms with Crippen LogP contribution in [0.3, 0.4) is 0 Å². The molecule has 0 unspecified atom stereocenters. The molecule has 1 aromatic heterocycles. The topological polar surface area (TPSA) is 51.2 Å². The first-order chi connectivity index (χ1) is 9.58. The van der Waals surface area contributed by atoms with E-state index in [2.05, 4.69) is 10.3 Å². The van der Waals surface area contributed by atoms with E-state index in [0.29, 0.717) is 23.0 Å². The molecule has 1 heterocycles. The summed E-state index contributed by atoms with van der Waals surface area (Å²) in [4.78, 5) is 16.1. The number of rotatable bonds is 4. The molecule has 0 aliphatic carbocycles. The highest BCUT2D eigenvalue weighted by molar-refractivity contribution is 6.29. The average Bonchev–Trinajstić information content (AvgIpc) is 2.44. The molecule has 0 radical (unpaired) electrons. The molecule has 0 saturated heterocycles. The minimum atomic E-state index is -0.180. The van der Waals surface area contributed by atoms with Crippen LogP contribution in [0.2, 0.25) is 5.15 Å². The summed E-state index contributed by atoms with van der Waals surface area (Å²) in [6.45, 7) is 2.22. The SMILES string of the molecule is COc1cccc(CNC(=O)c2cc(C)nc(Cl)c2)c1. The van der Waals surface area contributed by atoms with Crippen LogP contribution in [0.4, 0.5) is 0 Å². The second-order valence-corrected chi connectivity index (χ2v) is 4.74. The van der Waals surface area contributed by atoms with Crippen LogP contribution in [0.5, 0.6) is 5.75 Å². The number of pyridine rings is 1. The molecule has 0 saturated carbocycles. The van der Waals surface area contributed by atoms with Crippen LogP contribution in [-0.2, 0) is 6.54 Å². The lowest BCUT2D eigenvalue weighted by Gasteiger charge is -2.07. The van der Waals surface area contributed by atoms with Crippen LogP contribution in [0, 0.1) is 6.92 Å². The van der Waals surface area contributed by atoms with E-state index >= 15 is 0 Å². The Labute approximate surface area is 122 Å². The van der Waals surface area contributed by atoms with Gasteiger partial charge in [-0.15, -0.1) is 0 Å². The molecule has 0 aliphatic heterocycles. The number of nitrogens with zero attached hydrogens (tertiary/aromatic N) is 1. The number of hydrogen-bond donors (Lipinski definition) is 1. The molecule has 104 valence electrons. The molecule has 1 aromatic carbocycles. The first-order valence-electron chi connectivity index (χ1n) is 6.14. The number of methoxy groups -OCH3 is 1. The Morgan fingerprint density at radius 2 is 2.15 bits per heavy atom. The Bertz CT molecular complexity index is 609. The summed E-state index contributed by atoms with van der Waals surface area (Å²) in [5, 5.41) is 3.16. The molecule has 0 fully saturated rings. The number of benzene rings is 1.